The minimum Gasteiger partial charge on any atom is -0.369 e. The van der Waals surface area contributed by atoms with Crippen molar-refractivity contribution in [2.75, 3.05) is 13.1 Å². The molecule has 0 saturated carbocycles. The number of primary amides is 1. The molecule has 1 aliphatic rings. The molecule has 0 radical (unpaired) electrons. The summed E-state index contributed by atoms with van der Waals surface area (Å²) >= 11 is 0. The summed E-state index contributed by atoms with van der Waals surface area (Å²) in [5.74, 6) is -0.503. The van der Waals surface area contributed by atoms with Crippen LogP contribution in [0.5, 0.6) is 0 Å². The molecule has 0 atom stereocenters. The van der Waals surface area contributed by atoms with Crippen LogP contribution in [0.2, 0.25) is 0 Å². The van der Waals surface area contributed by atoms with Gasteiger partial charge in [-0.2, -0.15) is 0 Å². The Labute approximate surface area is 159 Å². The maximum absolute atomic E-state index is 12.4. The van der Waals surface area contributed by atoms with Gasteiger partial charge in [0.2, 0.25) is 11.8 Å². The molecule has 1 aliphatic heterocycles. The molecule has 27 heavy (non-hydrogen) atoms. The SMILES string of the molecule is NC(=O)C1CCN(C(=O)CCC(=O)c2ccc(-c3ccccc3)cc2)CC1. The third-order valence-electron chi connectivity index (χ3n) is 5.13. The Kier molecular flexibility index (Phi) is 6.01. The molecular weight excluding hydrogens is 340 g/mol. The highest BCUT2D eigenvalue weighted by Gasteiger charge is 2.25. The van der Waals surface area contributed by atoms with E-state index in [1.54, 1.807) is 4.90 Å². The summed E-state index contributed by atoms with van der Waals surface area (Å²) in [6.45, 7) is 1.07. The predicted molar refractivity (Wildman–Crippen MR) is 104 cm³/mol. The quantitative estimate of drug-likeness (QED) is 0.800. The summed E-state index contributed by atoms with van der Waals surface area (Å²) in [4.78, 5) is 37.6. The molecule has 2 aromatic rings. The number of hydrogen-bond acceptors (Lipinski definition) is 3. The lowest BCUT2D eigenvalue weighted by atomic mass is 9.96. The van der Waals surface area contributed by atoms with Gasteiger partial charge in [0.05, 0.1) is 0 Å². The lowest BCUT2D eigenvalue weighted by Crippen LogP contribution is -2.41. The molecule has 2 aromatic carbocycles. The number of nitrogens with two attached hydrogens (primary N) is 1. The van der Waals surface area contributed by atoms with E-state index in [4.69, 9.17) is 5.73 Å². The number of likely N-dealkylation sites (tertiary alicyclic amines) is 1. The Balaban J connectivity index is 1.50. The Morgan fingerprint density at radius 1 is 0.852 bits per heavy atom. The highest BCUT2D eigenvalue weighted by molar-refractivity contribution is 5.98. The first-order chi connectivity index (χ1) is 13.0. The molecule has 0 unspecified atom stereocenters. The lowest BCUT2D eigenvalue weighted by molar-refractivity contribution is -0.134. The number of piperidine rings is 1. The number of nitrogens with zero attached hydrogens (tertiary/aromatic N) is 1. The van der Waals surface area contributed by atoms with Gasteiger partial charge in [-0.3, -0.25) is 14.4 Å². The van der Waals surface area contributed by atoms with Gasteiger partial charge in [-0.1, -0.05) is 54.6 Å². The van der Waals surface area contributed by atoms with Crippen molar-refractivity contribution in [3.8, 4) is 11.1 Å². The molecule has 1 heterocycles. The van der Waals surface area contributed by atoms with E-state index < -0.39 is 0 Å². The molecule has 5 heteroatoms. The van der Waals surface area contributed by atoms with Gasteiger partial charge >= 0.3 is 0 Å². The third kappa shape index (κ3) is 4.82. The second-order valence-electron chi connectivity index (χ2n) is 6.92. The van der Waals surface area contributed by atoms with Crippen LogP contribution < -0.4 is 5.73 Å². The largest absolute Gasteiger partial charge is 0.369 e. The van der Waals surface area contributed by atoms with E-state index in [0.29, 0.717) is 31.5 Å². The highest BCUT2D eigenvalue weighted by Crippen LogP contribution is 2.21. The van der Waals surface area contributed by atoms with Crippen LogP contribution >= 0.6 is 0 Å². The maximum Gasteiger partial charge on any atom is 0.223 e. The fourth-order valence-corrected chi connectivity index (χ4v) is 3.42. The number of ketones is 1. The van der Waals surface area contributed by atoms with Crippen LogP contribution in [0.1, 0.15) is 36.0 Å². The first kappa shape index (κ1) is 18.8. The molecule has 5 nitrogen and oxygen atoms in total. The van der Waals surface area contributed by atoms with E-state index in [1.807, 2.05) is 54.6 Å². The average Bonchev–Trinajstić information content (AvgIpc) is 2.72. The summed E-state index contributed by atoms with van der Waals surface area (Å²) in [6, 6.07) is 17.5. The van der Waals surface area contributed by atoms with Crippen LogP contribution in [-0.2, 0) is 9.59 Å². The zero-order valence-electron chi connectivity index (χ0n) is 15.3. The number of hydrogen-bond donors (Lipinski definition) is 1. The second kappa shape index (κ2) is 8.62. The van der Waals surface area contributed by atoms with Crippen LogP contribution in [0, 0.1) is 5.92 Å². The molecule has 1 saturated heterocycles. The van der Waals surface area contributed by atoms with Crippen molar-refractivity contribution in [2.45, 2.75) is 25.7 Å². The summed E-state index contributed by atoms with van der Waals surface area (Å²) in [5.41, 5.74) is 8.09. The van der Waals surface area contributed by atoms with Crippen molar-refractivity contribution in [1.82, 2.24) is 4.90 Å². The van der Waals surface area contributed by atoms with E-state index in [2.05, 4.69) is 0 Å². The van der Waals surface area contributed by atoms with Gasteiger partial charge in [-0.05, 0) is 24.0 Å². The monoisotopic (exact) mass is 364 g/mol. The van der Waals surface area contributed by atoms with Crippen molar-refractivity contribution in [3.05, 3.63) is 60.2 Å². The molecule has 2 N–H and O–H groups in total. The summed E-state index contributed by atoms with van der Waals surface area (Å²) in [7, 11) is 0. The molecule has 0 spiro atoms. The highest BCUT2D eigenvalue weighted by atomic mass is 16.2. The number of benzene rings is 2. The third-order valence-corrected chi connectivity index (χ3v) is 5.13. The Morgan fingerprint density at radius 3 is 2.04 bits per heavy atom. The molecular formula is C22H24N2O3. The Hall–Kier alpha value is -2.95. The van der Waals surface area contributed by atoms with Crippen molar-refractivity contribution in [1.29, 1.82) is 0 Å². The van der Waals surface area contributed by atoms with Crippen LogP contribution in [0.4, 0.5) is 0 Å². The van der Waals surface area contributed by atoms with Crippen molar-refractivity contribution < 1.29 is 14.4 Å². The molecule has 0 aliphatic carbocycles. The predicted octanol–water partition coefficient (Wildman–Crippen LogP) is 3.04. The normalized spacial score (nSPS) is 14.7. The lowest BCUT2D eigenvalue weighted by Gasteiger charge is -2.30. The first-order valence-corrected chi connectivity index (χ1v) is 9.30. The van der Waals surface area contributed by atoms with Gasteiger partial charge in [0.1, 0.15) is 0 Å². The number of amides is 2. The molecule has 1 fully saturated rings. The smallest absolute Gasteiger partial charge is 0.223 e. The van der Waals surface area contributed by atoms with E-state index in [0.717, 1.165) is 11.1 Å². The summed E-state index contributed by atoms with van der Waals surface area (Å²) in [5, 5.41) is 0. The number of rotatable bonds is 6. The molecule has 2 amide bonds. The topological polar surface area (TPSA) is 80.5 Å². The fourth-order valence-electron chi connectivity index (χ4n) is 3.42. The van der Waals surface area contributed by atoms with E-state index >= 15 is 0 Å². The first-order valence-electron chi connectivity index (χ1n) is 9.30. The van der Waals surface area contributed by atoms with E-state index in [-0.39, 0.29) is 36.4 Å². The number of Topliss-reactive ketones (excluding diaryl/α,β-unsaturated/α-hetero) is 1. The number of carbonyl (C=O) groups is 3. The van der Waals surface area contributed by atoms with Crippen LogP contribution in [0.3, 0.4) is 0 Å². The average molecular weight is 364 g/mol. The van der Waals surface area contributed by atoms with Crippen LogP contribution in [0.25, 0.3) is 11.1 Å². The molecule has 0 aromatic heterocycles. The Morgan fingerprint density at radius 2 is 1.44 bits per heavy atom. The van der Waals surface area contributed by atoms with Crippen LogP contribution in [-0.4, -0.2) is 35.6 Å². The van der Waals surface area contributed by atoms with Gasteiger partial charge < -0.3 is 10.6 Å². The summed E-state index contributed by atoms with van der Waals surface area (Å²) in [6.07, 6.45) is 1.60. The van der Waals surface area contributed by atoms with Crippen molar-refractivity contribution in [2.24, 2.45) is 11.7 Å². The van der Waals surface area contributed by atoms with Gasteiger partial charge in [0.25, 0.3) is 0 Å². The fraction of sp³-hybridized carbons (Fsp3) is 0.318. The van der Waals surface area contributed by atoms with Gasteiger partial charge in [-0.15, -0.1) is 0 Å². The van der Waals surface area contributed by atoms with Gasteiger partial charge in [0, 0.05) is 37.4 Å². The maximum atomic E-state index is 12.4. The minimum absolute atomic E-state index is 0.0324. The molecule has 140 valence electrons. The zero-order chi connectivity index (χ0) is 19.2. The zero-order valence-corrected chi connectivity index (χ0v) is 15.3. The van der Waals surface area contributed by atoms with E-state index in [9.17, 15) is 14.4 Å². The minimum atomic E-state index is -0.295. The van der Waals surface area contributed by atoms with Gasteiger partial charge in [-0.25, -0.2) is 0 Å². The second-order valence-corrected chi connectivity index (χ2v) is 6.92. The van der Waals surface area contributed by atoms with Crippen molar-refractivity contribution >= 4 is 17.6 Å². The number of carbonyl (C=O) groups excluding carboxylic acids is 3. The molecule has 0 bridgehead atoms. The summed E-state index contributed by atoms with van der Waals surface area (Å²) < 4.78 is 0. The van der Waals surface area contributed by atoms with Gasteiger partial charge in [0.15, 0.2) is 5.78 Å². The van der Waals surface area contributed by atoms with E-state index in [1.165, 1.54) is 0 Å². The standard InChI is InChI=1S/C22H24N2O3/c23-22(27)19-12-14-24(15-13-19)21(26)11-10-20(25)18-8-6-17(7-9-18)16-4-2-1-3-5-16/h1-9,19H,10-15H2,(H2,23,27). The van der Waals surface area contributed by atoms with Crippen molar-refractivity contribution in [3.63, 3.8) is 0 Å². The van der Waals surface area contributed by atoms with Crippen LogP contribution in [0.15, 0.2) is 54.6 Å². The molecule has 3 rings (SSSR count). The Bertz CT molecular complexity index is 807.